The molecule has 1 amide bonds. The number of carbonyl (C=O) groups is 1. The highest BCUT2D eigenvalue weighted by molar-refractivity contribution is 6.42. The van der Waals surface area contributed by atoms with Crippen molar-refractivity contribution in [1.29, 1.82) is 0 Å². The van der Waals surface area contributed by atoms with Gasteiger partial charge >= 0.3 is 0 Å². The second-order valence-corrected chi connectivity index (χ2v) is 5.45. The van der Waals surface area contributed by atoms with Gasteiger partial charge in [-0.3, -0.25) is 4.79 Å². The van der Waals surface area contributed by atoms with Crippen molar-refractivity contribution in [3.05, 3.63) is 33.8 Å². The quantitative estimate of drug-likeness (QED) is 0.877. The van der Waals surface area contributed by atoms with Crippen molar-refractivity contribution in [1.82, 2.24) is 4.90 Å². The zero-order valence-electron chi connectivity index (χ0n) is 11.2. The highest BCUT2D eigenvalue weighted by Gasteiger charge is 2.11. The van der Waals surface area contributed by atoms with Crippen molar-refractivity contribution in [2.24, 2.45) is 0 Å². The van der Waals surface area contributed by atoms with E-state index < -0.39 is 6.10 Å². The molecule has 0 fully saturated rings. The first-order valence-corrected chi connectivity index (χ1v) is 7.02. The number of amides is 1. The number of nitrogens with zero attached hydrogens (tertiary/aromatic N) is 1. The number of aryl methyl sites for hydroxylation is 1. The topological polar surface area (TPSA) is 40.5 Å². The van der Waals surface area contributed by atoms with E-state index in [0.29, 0.717) is 35.9 Å². The summed E-state index contributed by atoms with van der Waals surface area (Å²) in [6.07, 6.45) is 1.14. The minimum Gasteiger partial charge on any atom is -0.393 e. The zero-order chi connectivity index (χ0) is 14.4. The Labute approximate surface area is 124 Å². The van der Waals surface area contributed by atoms with E-state index in [-0.39, 0.29) is 5.91 Å². The summed E-state index contributed by atoms with van der Waals surface area (Å²) < 4.78 is 0. The van der Waals surface area contributed by atoms with E-state index in [2.05, 4.69) is 0 Å². The molecule has 0 spiro atoms. The van der Waals surface area contributed by atoms with Crippen LogP contribution in [0, 0.1) is 0 Å². The first kappa shape index (κ1) is 16.3. The fourth-order valence-electron chi connectivity index (χ4n) is 1.68. The molecule has 1 aromatic carbocycles. The molecule has 0 aliphatic rings. The molecule has 5 heteroatoms. The molecule has 0 saturated carbocycles. The van der Waals surface area contributed by atoms with Crippen LogP contribution in [0.1, 0.15) is 25.3 Å². The highest BCUT2D eigenvalue weighted by atomic mass is 35.5. The number of halogens is 2. The van der Waals surface area contributed by atoms with Crippen LogP contribution >= 0.6 is 23.2 Å². The van der Waals surface area contributed by atoms with Gasteiger partial charge in [-0.15, -0.1) is 0 Å². The number of hydrogen-bond acceptors (Lipinski definition) is 2. The Morgan fingerprint density at radius 3 is 2.74 bits per heavy atom. The van der Waals surface area contributed by atoms with Gasteiger partial charge in [0.1, 0.15) is 0 Å². The van der Waals surface area contributed by atoms with Crippen molar-refractivity contribution in [2.45, 2.75) is 32.3 Å². The van der Waals surface area contributed by atoms with E-state index in [0.717, 1.165) is 5.56 Å². The lowest BCUT2D eigenvalue weighted by Crippen LogP contribution is -2.29. The predicted molar refractivity (Wildman–Crippen MR) is 78.7 cm³/mol. The third-order valence-corrected chi connectivity index (χ3v) is 3.81. The zero-order valence-corrected chi connectivity index (χ0v) is 12.7. The van der Waals surface area contributed by atoms with E-state index in [1.807, 2.05) is 12.1 Å². The molecule has 0 aliphatic carbocycles. The summed E-state index contributed by atoms with van der Waals surface area (Å²) in [6.45, 7) is 2.27. The lowest BCUT2D eigenvalue weighted by molar-refractivity contribution is -0.130. The molecule has 19 heavy (non-hydrogen) atoms. The van der Waals surface area contributed by atoms with Crippen LogP contribution in [0.4, 0.5) is 0 Å². The molecule has 1 unspecified atom stereocenters. The summed E-state index contributed by atoms with van der Waals surface area (Å²) in [7, 11) is 1.74. The Bertz CT molecular complexity index is 435. The van der Waals surface area contributed by atoms with E-state index in [1.165, 1.54) is 0 Å². The Hall–Kier alpha value is -0.770. The van der Waals surface area contributed by atoms with E-state index in [9.17, 15) is 9.90 Å². The molecule has 0 aromatic heterocycles. The fourth-order valence-corrected chi connectivity index (χ4v) is 2.09. The summed E-state index contributed by atoms with van der Waals surface area (Å²) in [4.78, 5) is 13.5. The van der Waals surface area contributed by atoms with Gasteiger partial charge in [-0.05, 0) is 31.4 Å². The van der Waals surface area contributed by atoms with Crippen molar-refractivity contribution in [3.63, 3.8) is 0 Å². The van der Waals surface area contributed by atoms with Crippen molar-refractivity contribution in [2.75, 3.05) is 13.6 Å². The molecule has 3 nitrogen and oxygen atoms in total. The molecular formula is C14H19Cl2NO2. The van der Waals surface area contributed by atoms with Crippen LogP contribution in [-0.2, 0) is 11.2 Å². The second-order valence-electron chi connectivity index (χ2n) is 4.67. The van der Waals surface area contributed by atoms with Gasteiger partial charge in [-0.25, -0.2) is 0 Å². The largest absolute Gasteiger partial charge is 0.393 e. The van der Waals surface area contributed by atoms with Crippen LogP contribution in [0.25, 0.3) is 0 Å². The van der Waals surface area contributed by atoms with E-state index in [1.54, 1.807) is 24.9 Å². The highest BCUT2D eigenvalue weighted by Crippen LogP contribution is 2.26. The summed E-state index contributed by atoms with van der Waals surface area (Å²) in [6, 6.07) is 5.42. The summed E-state index contributed by atoms with van der Waals surface area (Å²) in [5.41, 5.74) is 0.881. The number of hydrogen-bond donors (Lipinski definition) is 1. The van der Waals surface area contributed by atoms with Crippen LogP contribution in [0.5, 0.6) is 0 Å². The Balaban J connectivity index is 2.47. The predicted octanol–water partition coefficient (Wildman–Crippen LogP) is 3.16. The minimum absolute atomic E-state index is 0.0386. The maximum absolute atomic E-state index is 11.9. The Kier molecular flexibility index (Phi) is 6.63. The van der Waals surface area contributed by atoms with Crippen LogP contribution in [0.15, 0.2) is 18.2 Å². The van der Waals surface area contributed by atoms with Gasteiger partial charge in [-0.2, -0.15) is 0 Å². The molecule has 1 rings (SSSR count). The summed E-state index contributed by atoms with van der Waals surface area (Å²) in [5.74, 6) is 0.0386. The fraction of sp³-hybridized carbons (Fsp3) is 0.500. The maximum atomic E-state index is 11.9. The van der Waals surface area contributed by atoms with E-state index in [4.69, 9.17) is 23.2 Å². The second kappa shape index (κ2) is 7.73. The minimum atomic E-state index is -0.391. The van der Waals surface area contributed by atoms with Crippen LogP contribution in [0.3, 0.4) is 0 Å². The van der Waals surface area contributed by atoms with Gasteiger partial charge in [0.25, 0.3) is 0 Å². The first-order chi connectivity index (χ1) is 8.91. The molecule has 0 radical (unpaired) electrons. The number of benzene rings is 1. The molecule has 0 heterocycles. The summed E-state index contributed by atoms with van der Waals surface area (Å²) >= 11 is 12.0. The van der Waals surface area contributed by atoms with Gasteiger partial charge in [-0.1, -0.05) is 35.3 Å². The van der Waals surface area contributed by atoms with Gasteiger partial charge in [0.15, 0.2) is 0 Å². The van der Waals surface area contributed by atoms with Crippen molar-refractivity contribution >= 4 is 29.1 Å². The van der Waals surface area contributed by atoms with E-state index >= 15 is 0 Å². The lowest BCUT2D eigenvalue weighted by atomic mass is 10.1. The molecule has 1 aromatic rings. The smallest absolute Gasteiger partial charge is 0.222 e. The normalized spacial score (nSPS) is 12.3. The monoisotopic (exact) mass is 303 g/mol. The number of aliphatic hydroxyl groups excluding tert-OH is 1. The maximum Gasteiger partial charge on any atom is 0.222 e. The number of carbonyl (C=O) groups excluding carboxylic acids is 1. The average molecular weight is 304 g/mol. The molecule has 0 bridgehead atoms. The standard InChI is InChI=1S/C14H19Cl2NO2/c1-10(18)8-9-17(2)13(19)7-6-11-4-3-5-12(15)14(11)16/h3-5,10,18H,6-9H2,1-2H3. The van der Waals surface area contributed by atoms with Crippen LogP contribution < -0.4 is 0 Å². The van der Waals surface area contributed by atoms with Gasteiger partial charge in [0, 0.05) is 20.0 Å². The number of rotatable bonds is 6. The third-order valence-electron chi connectivity index (χ3n) is 2.95. The third kappa shape index (κ3) is 5.39. The molecule has 1 N–H and O–H groups in total. The average Bonchev–Trinajstić information content (AvgIpc) is 2.37. The summed E-state index contributed by atoms with van der Waals surface area (Å²) in [5, 5.41) is 10.2. The van der Waals surface area contributed by atoms with Crippen LogP contribution in [-0.4, -0.2) is 35.6 Å². The van der Waals surface area contributed by atoms with Gasteiger partial charge in [0.2, 0.25) is 5.91 Å². The Morgan fingerprint density at radius 2 is 2.11 bits per heavy atom. The molecule has 0 saturated heterocycles. The number of aliphatic hydroxyl groups is 1. The van der Waals surface area contributed by atoms with Crippen molar-refractivity contribution < 1.29 is 9.90 Å². The Morgan fingerprint density at radius 1 is 1.42 bits per heavy atom. The molecule has 1 atom stereocenters. The lowest BCUT2D eigenvalue weighted by Gasteiger charge is -2.18. The van der Waals surface area contributed by atoms with Crippen molar-refractivity contribution in [3.8, 4) is 0 Å². The molecule has 0 aliphatic heterocycles. The van der Waals surface area contributed by atoms with Gasteiger partial charge in [0.05, 0.1) is 16.1 Å². The van der Waals surface area contributed by atoms with Crippen LogP contribution in [0.2, 0.25) is 10.0 Å². The first-order valence-electron chi connectivity index (χ1n) is 6.26. The SMILES string of the molecule is CC(O)CCN(C)C(=O)CCc1cccc(Cl)c1Cl. The molecular weight excluding hydrogens is 285 g/mol. The van der Waals surface area contributed by atoms with Gasteiger partial charge < -0.3 is 10.0 Å². The molecule has 106 valence electrons.